The molecule has 0 saturated carbocycles. The molecule has 1 N–H and O–H groups in total. The van der Waals surface area contributed by atoms with E-state index in [4.69, 9.17) is 0 Å². The normalized spacial score (nSPS) is 11.5. The van der Waals surface area contributed by atoms with Gasteiger partial charge in [0.15, 0.2) is 0 Å². The van der Waals surface area contributed by atoms with Crippen molar-refractivity contribution in [1.29, 1.82) is 0 Å². The number of aryl methyl sites for hydroxylation is 1. The number of rotatable bonds is 3. The van der Waals surface area contributed by atoms with Gasteiger partial charge in [0.05, 0.1) is 11.3 Å². The highest BCUT2D eigenvalue weighted by Gasteiger charge is 2.30. The molecule has 1 aromatic heterocycles. The number of aromatic nitrogens is 2. The Hall–Kier alpha value is -2.11. The van der Waals surface area contributed by atoms with Crippen molar-refractivity contribution in [2.45, 2.75) is 26.4 Å². The Morgan fingerprint density at radius 2 is 1.90 bits per heavy atom. The first-order valence-corrected chi connectivity index (χ1v) is 6.59. The van der Waals surface area contributed by atoms with Gasteiger partial charge in [-0.2, -0.15) is 13.2 Å². The molecule has 0 unspecified atom stereocenters. The fourth-order valence-electron chi connectivity index (χ4n) is 2.09. The summed E-state index contributed by atoms with van der Waals surface area (Å²) in [7, 11) is 1.73. The molecule has 0 spiro atoms. The van der Waals surface area contributed by atoms with Crippen LogP contribution in [0.15, 0.2) is 24.3 Å². The maximum Gasteiger partial charge on any atom is 0.416 e. The van der Waals surface area contributed by atoms with Gasteiger partial charge < -0.3 is 5.32 Å². The third kappa shape index (κ3) is 3.15. The van der Waals surface area contributed by atoms with Gasteiger partial charge in [0.1, 0.15) is 11.6 Å². The molecule has 2 aromatic rings. The molecule has 0 fully saturated rings. The molecule has 112 valence electrons. The number of benzene rings is 1. The minimum Gasteiger partial charge on any atom is -0.373 e. The lowest BCUT2D eigenvalue weighted by molar-refractivity contribution is -0.137. The number of hydrogen-bond donors (Lipinski definition) is 1. The van der Waals surface area contributed by atoms with Crippen LogP contribution in [0.2, 0.25) is 0 Å². The molecule has 1 aromatic carbocycles. The van der Waals surface area contributed by atoms with Gasteiger partial charge in [-0.05, 0) is 19.1 Å². The van der Waals surface area contributed by atoms with Crippen molar-refractivity contribution in [2.24, 2.45) is 0 Å². The second kappa shape index (κ2) is 5.71. The zero-order chi connectivity index (χ0) is 15.6. The second-order valence-corrected chi connectivity index (χ2v) is 4.64. The first kappa shape index (κ1) is 15.3. The second-order valence-electron chi connectivity index (χ2n) is 4.64. The summed E-state index contributed by atoms with van der Waals surface area (Å²) < 4.78 is 38.5. The summed E-state index contributed by atoms with van der Waals surface area (Å²) in [6.45, 7) is 3.70. The van der Waals surface area contributed by atoms with Gasteiger partial charge in [0.25, 0.3) is 0 Å². The Morgan fingerprint density at radius 1 is 1.19 bits per heavy atom. The molecule has 0 radical (unpaired) electrons. The van der Waals surface area contributed by atoms with Gasteiger partial charge in [-0.25, -0.2) is 9.97 Å². The lowest BCUT2D eigenvalue weighted by Crippen LogP contribution is -2.07. The maximum absolute atomic E-state index is 12.8. The Balaban J connectivity index is 2.61. The number of nitrogens with zero attached hydrogens (tertiary/aromatic N) is 2. The quantitative estimate of drug-likeness (QED) is 0.927. The molecular weight excluding hydrogens is 279 g/mol. The van der Waals surface area contributed by atoms with E-state index < -0.39 is 11.7 Å². The van der Waals surface area contributed by atoms with Crippen molar-refractivity contribution in [3.8, 4) is 11.3 Å². The number of hydrogen-bond acceptors (Lipinski definition) is 3. The van der Waals surface area contributed by atoms with Gasteiger partial charge in [-0.1, -0.05) is 19.1 Å². The van der Waals surface area contributed by atoms with Crippen LogP contribution in [0.4, 0.5) is 19.0 Å². The largest absolute Gasteiger partial charge is 0.416 e. The van der Waals surface area contributed by atoms with Crippen LogP contribution < -0.4 is 5.32 Å². The topological polar surface area (TPSA) is 37.8 Å². The Kier molecular flexibility index (Phi) is 4.16. The van der Waals surface area contributed by atoms with Crippen LogP contribution in [-0.4, -0.2) is 17.0 Å². The zero-order valence-electron chi connectivity index (χ0n) is 12.0. The molecule has 0 aliphatic rings. The van der Waals surface area contributed by atoms with Gasteiger partial charge in [0.2, 0.25) is 0 Å². The van der Waals surface area contributed by atoms with Crippen molar-refractivity contribution < 1.29 is 13.2 Å². The van der Waals surface area contributed by atoms with Crippen molar-refractivity contribution in [3.63, 3.8) is 0 Å². The molecule has 6 heteroatoms. The molecular formula is C15H16F3N3. The van der Waals surface area contributed by atoms with Gasteiger partial charge in [-0.15, -0.1) is 0 Å². The molecule has 0 bridgehead atoms. The lowest BCUT2D eigenvalue weighted by Gasteiger charge is -2.13. The summed E-state index contributed by atoms with van der Waals surface area (Å²) in [5.74, 6) is 1.23. The molecule has 0 atom stereocenters. The number of halogens is 3. The Bertz CT molecular complexity index is 651. The minimum atomic E-state index is -4.36. The van der Waals surface area contributed by atoms with Crippen molar-refractivity contribution in [2.75, 3.05) is 12.4 Å². The van der Waals surface area contributed by atoms with Crippen LogP contribution in [0.5, 0.6) is 0 Å². The third-order valence-electron chi connectivity index (χ3n) is 3.21. The summed E-state index contributed by atoms with van der Waals surface area (Å²) in [5.41, 5.74) is 1.02. The summed E-state index contributed by atoms with van der Waals surface area (Å²) in [5, 5.41) is 2.95. The van der Waals surface area contributed by atoms with Crippen LogP contribution in [0.3, 0.4) is 0 Å². The lowest BCUT2D eigenvalue weighted by atomic mass is 10.0. The first-order chi connectivity index (χ1) is 9.86. The molecule has 3 nitrogen and oxygen atoms in total. The van der Waals surface area contributed by atoms with E-state index in [9.17, 15) is 13.2 Å². The summed E-state index contributed by atoms with van der Waals surface area (Å²) in [4.78, 5) is 8.70. The van der Waals surface area contributed by atoms with Crippen molar-refractivity contribution >= 4 is 5.82 Å². The monoisotopic (exact) mass is 295 g/mol. The van der Waals surface area contributed by atoms with E-state index in [1.54, 1.807) is 20.0 Å². The fourth-order valence-corrected chi connectivity index (χ4v) is 2.09. The maximum atomic E-state index is 12.8. The standard InChI is InChI=1S/C15H16F3N3/c1-4-12-20-13(9(2)14(19-3)21-12)10-6-5-7-11(8-10)15(16,17)18/h5-8H,4H2,1-3H3,(H,19,20,21). The smallest absolute Gasteiger partial charge is 0.373 e. The molecule has 0 amide bonds. The van der Waals surface area contributed by atoms with Crippen LogP contribution in [0, 0.1) is 6.92 Å². The van der Waals surface area contributed by atoms with E-state index >= 15 is 0 Å². The molecule has 21 heavy (non-hydrogen) atoms. The van der Waals surface area contributed by atoms with Crippen LogP contribution >= 0.6 is 0 Å². The van der Waals surface area contributed by atoms with Crippen LogP contribution in [0.1, 0.15) is 23.9 Å². The number of anilines is 1. The average Bonchev–Trinajstić information content (AvgIpc) is 2.47. The summed E-state index contributed by atoms with van der Waals surface area (Å²) in [6, 6.07) is 5.20. The van der Waals surface area contributed by atoms with E-state index in [1.807, 2.05) is 6.92 Å². The van der Waals surface area contributed by atoms with Crippen molar-refractivity contribution in [1.82, 2.24) is 9.97 Å². The van der Waals surface area contributed by atoms with E-state index in [1.165, 1.54) is 6.07 Å². The zero-order valence-corrected chi connectivity index (χ0v) is 12.0. The molecule has 1 heterocycles. The summed E-state index contributed by atoms with van der Waals surface area (Å²) in [6.07, 6.45) is -3.75. The predicted octanol–water partition coefficient (Wildman–Crippen LogP) is 4.07. The van der Waals surface area contributed by atoms with E-state index in [2.05, 4.69) is 15.3 Å². The van der Waals surface area contributed by atoms with Crippen LogP contribution in [-0.2, 0) is 12.6 Å². The SMILES string of the molecule is CCc1nc(NC)c(C)c(-c2cccc(C(F)(F)F)c2)n1. The minimum absolute atomic E-state index is 0.441. The van der Waals surface area contributed by atoms with Crippen molar-refractivity contribution in [3.05, 3.63) is 41.2 Å². The highest BCUT2D eigenvalue weighted by molar-refractivity contribution is 5.68. The molecule has 0 saturated heterocycles. The van der Waals surface area contributed by atoms with Gasteiger partial charge in [-0.3, -0.25) is 0 Å². The van der Waals surface area contributed by atoms with Crippen LogP contribution in [0.25, 0.3) is 11.3 Å². The fraction of sp³-hybridized carbons (Fsp3) is 0.333. The first-order valence-electron chi connectivity index (χ1n) is 6.59. The highest BCUT2D eigenvalue weighted by Crippen LogP contribution is 2.33. The number of alkyl halides is 3. The predicted molar refractivity (Wildman–Crippen MR) is 76.1 cm³/mol. The van der Waals surface area contributed by atoms with Gasteiger partial charge in [0, 0.05) is 24.6 Å². The Morgan fingerprint density at radius 3 is 2.48 bits per heavy atom. The number of nitrogens with one attached hydrogen (secondary N) is 1. The molecule has 0 aliphatic heterocycles. The Labute approximate surface area is 121 Å². The summed E-state index contributed by atoms with van der Waals surface area (Å²) >= 11 is 0. The third-order valence-corrected chi connectivity index (χ3v) is 3.21. The average molecular weight is 295 g/mol. The molecule has 2 rings (SSSR count). The van der Waals surface area contributed by atoms with E-state index in [-0.39, 0.29) is 0 Å². The van der Waals surface area contributed by atoms with E-state index in [0.717, 1.165) is 17.7 Å². The van der Waals surface area contributed by atoms with E-state index in [0.29, 0.717) is 29.3 Å². The van der Waals surface area contributed by atoms with Gasteiger partial charge >= 0.3 is 6.18 Å². The highest BCUT2D eigenvalue weighted by atomic mass is 19.4. The molecule has 0 aliphatic carbocycles.